The van der Waals surface area contributed by atoms with Crippen LogP contribution in [0.1, 0.15) is 17.3 Å². The molecule has 8 heteroatoms. The van der Waals surface area contributed by atoms with Gasteiger partial charge in [0, 0.05) is 0 Å². The number of ether oxygens (including phenoxy) is 1. The SMILES string of the molecule is CCOC(=O)CNC(=O)c1c(O)c2cc(F)ccc2oc1=O. The fourth-order valence-electron chi connectivity index (χ4n) is 1.81. The van der Waals surface area contributed by atoms with Crippen molar-refractivity contribution in [2.75, 3.05) is 13.2 Å². The number of nitrogens with one attached hydrogen (secondary N) is 1. The van der Waals surface area contributed by atoms with Crippen LogP contribution in [0.5, 0.6) is 5.75 Å². The van der Waals surface area contributed by atoms with Crippen LogP contribution in [0.25, 0.3) is 11.0 Å². The molecule has 116 valence electrons. The molecule has 1 heterocycles. The molecule has 2 rings (SSSR count). The van der Waals surface area contributed by atoms with Crippen molar-refractivity contribution in [2.45, 2.75) is 6.92 Å². The van der Waals surface area contributed by atoms with Gasteiger partial charge in [-0.15, -0.1) is 0 Å². The number of hydrogen-bond acceptors (Lipinski definition) is 6. The molecule has 1 aromatic carbocycles. The maximum atomic E-state index is 13.2. The zero-order valence-electron chi connectivity index (χ0n) is 11.5. The molecule has 0 aliphatic heterocycles. The van der Waals surface area contributed by atoms with Crippen LogP contribution in [-0.2, 0) is 9.53 Å². The Morgan fingerprint density at radius 1 is 1.41 bits per heavy atom. The molecule has 0 spiro atoms. The van der Waals surface area contributed by atoms with Crippen LogP contribution < -0.4 is 10.9 Å². The van der Waals surface area contributed by atoms with Gasteiger partial charge in [-0.3, -0.25) is 9.59 Å². The topological polar surface area (TPSA) is 106 Å². The Morgan fingerprint density at radius 3 is 2.82 bits per heavy atom. The summed E-state index contributed by atoms with van der Waals surface area (Å²) in [6.07, 6.45) is 0. The van der Waals surface area contributed by atoms with Crippen molar-refractivity contribution in [1.29, 1.82) is 0 Å². The van der Waals surface area contributed by atoms with Gasteiger partial charge < -0.3 is 19.6 Å². The molecule has 1 aromatic heterocycles. The van der Waals surface area contributed by atoms with Gasteiger partial charge in [0.05, 0.1) is 12.0 Å². The van der Waals surface area contributed by atoms with Crippen LogP contribution in [-0.4, -0.2) is 30.1 Å². The average Bonchev–Trinajstić information content (AvgIpc) is 2.46. The van der Waals surface area contributed by atoms with Crippen LogP contribution in [0.3, 0.4) is 0 Å². The van der Waals surface area contributed by atoms with Crippen molar-refractivity contribution in [3.63, 3.8) is 0 Å². The molecule has 2 N–H and O–H groups in total. The van der Waals surface area contributed by atoms with Gasteiger partial charge in [-0.25, -0.2) is 9.18 Å². The number of benzene rings is 1. The molecular weight excluding hydrogens is 297 g/mol. The first-order valence-corrected chi connectivity index (χ1v) is 6.33. The van der Waals surface area contributed by atoms with Gasteiger partial charge in [-0.1, -0.05) is 0 Å². The molecule has 0 bridgehead atoms. The lowest BCUT2D eigenvalue weighted by Crippen LogP contribution is -2.33. The molecular formula is C14H12FNO6. The van der Waals surface area contributed by atoms with Gasteiger partial charge in [-0.05, 0) is 25.1 Å². The lowest BCUT2D eigenvalue weighted by molar-refractivity contribution is -0.141. The van der Waals surface area contributed by atoms with Crippen LogP contribution in [0.15, 0.2) is 27.4 Å². The summed E-state index contributed by atoms with van der Waals surface area (Å²) in [5.74, 6) is -3.11. The maximum Gasteiger partial charge on any atom is 0.353 e. The van der Waals surface area contributed by atoms with Gasteiger partial charge in [0.2, 0.25) is 0 Å². The van der Waals surface area contributed by atoms with Crippen molar-refractivity contribution in [2.24, 2.45) is 0 Å². The molecule has 22 heavy (non-hydrogen) atoms. The highest BCUT2D eigenvalue weighted by Gasteiger charge is 2.21. The van der Waals surface area contributed by atoms with Crippen molar-refractivity contribution >= 4 is 22.8 Å². The quantitative estimate of drug-likeness (QED) is 0.643. The normalized spacial score (nSPS) is 10.5. The van der Waals surface area contributed by atoms with E-state index in [9.17, 15) is 23.9 Å². The number of aromatic hydroxyl groups is 1. The molecule has 7 nitrogen and oxygen atoms in total. The zero-order chi connectivity index (χ0) is 16.3. The number of hydrogen-bond donors (Lipinski definition) is 2. The smallest absolute Gasteiger partial charge is 0.353 e. The standard InChI is InChI=1S/C14H12FNO6/c1-2-21-10(17)6-16-13(19)11-12(18)8-5-7(15)3-4-9(8)22-14(11)20/h3-5,18H,2,6H2,1H3,(H,16,19). The Hall–Kier alpha value is -2.90. The highest BCUT2D eigenvalue weighted by molar-refractivity contribution is 6.02. The summed E-state index contributed by atoms with van der Waals surface area (Å²) in [4.78, 5) is 34.8. The third-order valence-electron chi connectivity index (χ3n) is 2.77. The van der Waals surface area contributed by atoms with E-state index < -0.39 is 41.2 Å². The molecule has 0 saturated heterocycles. The fourth-order valence-corrected chi connectivity index (χ4v) is 1.81. The van der Waals surface area contributed by atoms with E-state index in [2.05, 4.69) is 10.1 Å². The predicted molar refractivity (Wildman–Crippen MR) is 73.1 cm³/mol. The zero-order valence-corrected chi connectivity index (χ0v) is 11.5. The van der Waals surface area contributed by atoms with Gasteiger partial charge in [0.1, 0.15) is 23.7 Å². The van der Waals surface area contributed by atoms with Gasteiger partial charge >= 0.3 is 11.6 Å². The van der Waals surface area contributed by atoms with E-state index in [1.54, 1.807) is 6.92 Å². The lowest BCUT2D eigenvalue weighted by atomic mass is 10.1. The Bertz CT molecular complexity index is 798. The summed E-state index contributed by atoms with van der Waals surface area (Å²) in [6.45, 7) is 1.25. The van der Waals surface area contributed by atoms with E-state index >= 15 is 0 Å². The number of fused-ring (bicyclic) bond motifs is 1. The van der Waals surface area contributed by atoms with Crippen molar-refractivity contribution in [3.8, 4) is 5.75 Å². The highest BCUT2D eigenvalue weighted by atomic mass is 19.1. The third-order valence-corrected chi connectivity index (χ3v) is 2.77. The number of carbonyl (C=O) groups is 2. The number of rotatable bonds is 4. The van der Waals surface area contributed by atoms with Crippen molar-refractivity contribution in [3.05, 3.63) is 40.0 Å². The van der Waals surface area contributed by atoms with Crippen LogP contribution >= 0.6 is 0 Å². The van der Waals surface area contributed by atoms with E-state index in [0.29, 0.717) is 0 Å². The molecule has 1 amide bonds. The van der Waals surface area contributed by atoms with Gasteiger partial charge in [0.25, 0.3) is 5.91 Å². The number of halogens is 1. The second-order valence-corrected chi connectivity index (χ2v) is 4.24. The Morgan fingerprint density at radius 2 is 2.14 bits per heavy atom. The maximum absolute atomic E-state index is 13.2. The summed E-state index contributed by atoms with van der Waals surface area (Å²) < 4.78 is 22.6. The minimum absolute atomic E-state index is 0.0640. The minimum atomic E-state index is -1.10. The molecule has 0 unspecified atom stereocenters. The lowest BCUT2D eigenvalue weighted by Gasteiger charge is -2.07. The summed E-state index contributed by atoms with van der Waals surface area (Å²) in [5, 5.41) is 12.0. The van der Waals surface area contributed by atoms with E-state index in [-0.39, 0.29) is 17.6 Å². The minimum Gasteiger partial charge on any atom is -0.506 e. The first-order chi connectivity index (χ1) is 10.4. The predicted octanol–water partition coefficient (Wildman–Crippen LogP) is 0.931. The first kappa shape index (κ1) is 15.5. The Kier molecular flexibility index (Phi) is 4.40. The van der Waals surface area contributed by atoms with Gasteiger partial charge in [0.15, 0.2) is 5.56 Å². The van der Waals surface area contributed by atoms with E-state index in [1.165, 1.54) is 0 Å². The van der Waals surface area contributed by atoms with E-state index in [1.807, 2.05) is 0 Å². The van der Waals surface area contributed by atoms with Crippen LogP contribution in [0, 0.1) is 5.82 Å². The highest BCUT2D eigenvalue weighted by Crippen LogP contribution is 2.26. The molecule has 2 aromatic rings. The van der Waals surface area contributed by atoms with E-state index in [4.69, 9.17) is 4.42 Å². The molecule has 0 fully saturated rings. The summed E-state index contributed by atoms with van der Waals surface area (Å²) in [5.41, 5.74) is -1.87. The first-order valence-electron chi connectivity index (χ1n) is 6.33. The second-order valence-electron chi connectivity index (χ2n) is 4.24. The number of carbonyl (C=O) groups excluding carboxylic acids is 2. The van der Waals surface area contributed by atoms with Crippen molar-refractivity contribution in [1.82, 2.24) is 5.32 Å². The van der Waals surface area contributed by atoms with E-state index in [0.717, 1.165) is 18.2 Å². The summed E-state index contributed by atoms with van der Waals surface area (Å²) in [6, 6.07) is 3.13. The molecule has 0 aliphatic rings. The number of esters is 1. The Labute approximate surface area is 123 Å². The van der Waals surface area contributed by atoms with Gasteiger partial charge in [-0.2, -0.15) is 0 Å². The fraction of sp³-hybridized carbons (Fsp3) is 0.214. The third kappa shape index (κ3) is 3.05. The largest absolute Gasteiger partial charge is 0.506 e. The average molecular weight is 309 g/mol. The number of amides is 1. The monoisotopic (exact) mass is 309 g/mol. The molecule has 0 aliphatic carbocycles. The van der Waals surface area contributed by atoms with Crippen LogP contribution in [0.4, 0.5) is 4.39 Å². The second kappa shape index (κ2) is 6.25. The van der Waals surface area contributed by atoms with Crippen LogP contribution in [0.2, 0.25) is 0 Å². The summed E-state index contributed by atoms with van der Waals surface area (Å²) >= 11 is 0. The van der Waals surface area contributed by atoms with Crippen molar-refractivity contribution < 1.29 is 28.2 Å². The molecule has 0 saturated carbocycles. The Balaban J connectivity index is 2.36. The molecule has 0 radical (unpaired) electrons. The summed E-state index contributed by atoms with van der Waals surface area (Å²) in [7, 11) is 0. The molecule has 0 atom stereocenters.